The van der Waals surface area contributed by atoms with Gasteiger partial charge in [0.25, 0.3) is 5.91 Å². The molecule has 214 valence electrons. The van der Waals surface area contributed by atoms with Gasteiger partial charge in [-0.1, -0.05) is 62.4 Å². The van der Waals surface area contributed by atoms with E-state index in [1.54, 1.807) is 17.8 Å². The number of carbonyl (C=O) groups excluding carboxylic acids is 1. The summed E-state index contributed by atoms with van der Waals surface area (Å²) in [5.41, 5.74) is 4.21. The van der Waals surface area contributed by atoms with Gasteiger partial charge < -0.3 is 19.9 Å². The van der Waals surface area contributed by atoms with Crippen LogP contribution in [0.25, 0.3) is 11.1 Å². The fourth-order valence-electron chi connectivity index (χ4n) is 5.20. The minimum atomic E-state index is -1.02. The summed E-state index contributed by atoms with van der Waals surface area (Å²) in [6.07, 6.45) is 9.92. The highest BCUT2D eigenvalue weighted by molar-refractivity contribution is 7.98. The van der Waals surface area contributed by atoms with Gasteiger partial charge in [0.2, 0.25) is 0 Å². The summed E-state index contributed by atoms with van der Waals surface area (Å²) in [5.74, 6) is -0.0654. The van der Waals surface area contributed by atoms with E-state index in [0.29, 0.717) is 36.9 Å². The fraction of sp³-hybridized carbons (Fsp3) is 0.562. The number of hydrogen-bond donors (Lipinski definition) is 2. The van der Waals surface area contributed by atoms with Crippen molar-refractivity contribution in [3.05, 3.63) is 59.2 Å². The van der Waals surface area contributed by atoms with Gasteiger partial charge in [0.1, 0.15) is 6.04 Å². The van der Waals surface area contributed by atoms with Gasteiger partial charge >= 0.3 is 5.97 Å². The van der Waals surface area contributed by atoms with E-state index in [9.17, 15) is 14.7 Å². The first-order valence-electron chi connectivity index (χ1n) is 14.2. The Kier molecular flexibility index (Phi) is 12.8. The van der Waals surface area contributed by atoms with Gasteiger partial charge in [-0.05, 0) is 85.9 Å². The average molecular weight is 556 g/mol. The van der Waals surface area contributed by atoms with Gasteiger partial charge in [-0.3, -0.25) is 4.79 Å². The largest absolute Gasteiger partial charge is 0.480 e. The average Bonchev–Trinajstić information content (AvgIpc) is 2.93. The Morgan fingerprint density at radius 3 is 2.46 bits per heavy atom. The number of thioether (sulfide) groups is 1. The number of nitrogens with one attached hydrogen (secondary N) is 1. The smallest absolute Gasteiger partial charge is 0.326 e. The molecule has 1 unspecified atom stereocenters. The molecule has 3 rings (SSSR count). The maximum absolute atomic E-state index is 13.3. The highest BCUT2D eigenvalue weighted by atomic mass is 32.2. The van der Waals surface area contributed by atoms with Crippen molar-refractivity contribution in [3.63, 3.8) is 0 Å². The van der Waals surface area contributed by atoms with E-state index < -0.39 is 12.0 Å². The molecule has 0 radical (unpaired) electrons. The number of aryl methyl sites for hydroxylation is 1. The first-order valence-corrected chi connectivity index (χ1v) is 15.6. The second-order valence-corrected chi connectivity index (χ2v) is 11.9. The standard InChI is InChI=1S/C32H45NO5S/c1-22(2)37-21-26(18-24-11-6-5-7-12-24)38-20-25-14-15-28(29(19-25)27-13-9-8-10-23(27)3)31(34)33-30(32(35)36)16-17-39-4/h8-10,13-15,19,22,24,26,30H,5-7,11-12,16-18,20-21H2,1-4H3,(H,33,34)(H,35,36)/t26-,30?/m0/s1. The van der Waals surface area contributed by atoms with Crippen molar-refractivity contribution in [2.45, 2.75) is 90.6 Å². The molecule has 6 nitrogen and oxygen atoms in total. The highest BCUT2D eigenvalue weighted by Gasteiger charge is 2.24. The van der Waals surface area contributed by atoms with E-state index in [1.807, 2.05) is 63.4 Å². The van der Waals surface area contributed by atoms with Crippen molar-refractivity contribution in [3.8, 4) is 11.1 Å². The fourth-order valence-corrected chi connectivity index (χ4v) is 5.67. The molecule has 2 aromatic carbocycles. The molecule has 7 heteroatoms. The number of carbonyl (C=O) groups is 2. The van der Waals surface area contributed by atoms with Gasteiger partial charge in [0.05, 0.1) is 25.4 Å². The molecular formula is C32H45NO5S. The van der Waals surface area contributed by atoms with Crippen molar-refractivity contribution in [1.82, 2.24) is 5.32 Å². The lowest BCUT2D eigenvalue weighted by Crippen LogP contribution is -2.41. The molecule has 2 N–H and O–H groups in total. The molecule has 1 saturated carbocycles. The number of benzene rings is 2. The number of amides is 1. The van der Waals surface area contributed by atoms with Gasteiger partial charge in [-0.15, -0.1) is 0 Å². The number of ether oxygens (including phenoxy) is 2. The molecule has 0 heterocycles. The highest BCUT2D eigenvalue weighted by Crippen LogP contribution is 2.31. The lowest BCUT2D eigenvalue weighted by atomic mass is 9.85. The molecule has 0 spiro atoms. The van der Waals surface area contributed by atoms with Crippen LogP contribution in [0.3, 0.4) is 0 Å². The summed E-state index contributed by atoms with van der Waals surface area (Å²) in [6, 6.07) is 12.7. The summed E-state index contributed by atoms with van der Waals surface area (Å²) in [6.45, 7) is 7.11. The predicted molar refractivity (Wildman–Crippen MR) is 159 cm³/mol. The van der Waals surface area contributed by atoms with Crippen LogP contribution in [0.2, 0.25) is 0 Å². The Morgan fingerprint density at radius 1 is 1.05 bits per heavy atom. The normalized spacial score (nSPS) is 15.7. The number of rotatable bonds is 15. The van der Waals surface area contributed by atoms with E-state index in [1.165, 1.54) is 32.1 Å². The van der Waals surface area contributed by atoms with E-state index >= 15 is 0 Å². The zero-order valence-corrected chi connectivity index (χ0v) is 24.7. The topological polar surface area (TPSA) is 84.9 Å². The molecule has 0 saturated heterocycles. The summed E-state index contributed by atoms with van der Waals surface area (Å²) in [7, 11) is 0. The second-order valence-electron chi connectivity index (χ2n) is 10.9. The second kappa shape index (κ2) is 16.0. The molecule has 0 bridgehead atoms. The van der Waals surface area contributed by atoms with Crippen LogP contribution in [0.4, 0.5) is 0 Å². The predicted octanol–water partition coefficient (Wildman–Crippen LogP) is 6.88. The van der Waals surface area contributed by atoms with Crippen LogP contribution in [0.15, 0.2) is 42.5 Å². The van der Waals surface area contributed by atoms with Crippen LogP contribution >= 0.6 is 11.8 Å². The van der Waals surface area contributed by atoms with E-state index in [2.05, 4.69) is 5.32 Å². The molecule has 2 atom stereocenters. The summed E-state index contributed by atoms with van der Waals surface area (Å²) in [5, 5.41) is 12.4. The van der Waals surface area contributed by atoms with E-state index in [0.717, 1.165) is 28.7 Å². The lowest BCUT2D eigenvalue weighted by Gasteiger charge is -2.27. The molecule has 2 aromatic rings. The van der Waals surface area contributed by atoms with Crippen molar-refractivity contribution < 1.29 is 24.2 Å². The Morgan fingerprint density at radius 2 is 1.79 bits per heavy atom. The molecule has 1 aliphatic carbocycles. The van der Waals surface area contributed by atoms with Crippen molar-refractivity contribution in [2.24, 2.45) is 5.92 Å². The van der Waals surface area contributed by atoms with Crippen molar-refractivity contribution in [2.75, 3.05) is 18.6 Å². The third-order valence-corrected chi connectivity index (χ3v) is 8.04. The van der Waals surface area contributed by atoms with Crippen LogP contribution in [0.1, 0.15) is 80.3 Å². The monoisotopic (exact) mass is 555 g/mol. The van der Waals surface area contributed by atoms with Crippen LogP contribution in [-0.4, -0.2) is 53.8 Å². The van der Waals surface area contributed by atoms with Crippen LogP contribution in [0, 0.1) is 12.8 Å². The Labute approximate surface area is 238 Å². The van der Waals surface area contributed by atoms with Gasteiger partial charge in [0.15, 0.2) is 0 Å². The third-order valence-electron chi connectivity index (χ3n) is 7.40. The maximum Gasteiger partial charge on any atom is 0.326 e. The molecule has 1 amide bonds. The Balaban J connectivity index is 1.82. The third kappa shape index (κ3) is 9.96. The molecule has 1 fully saturated rings. The minimum absolute atomic E-state index is 0.0214. The van der Waals surface area contributed by atoms with Crippen LogP contribution in [0.5, 0.6) is 0 Å². The Bertz CT molecular complexity index is 1070. The van der Waals surface area contributed by atoms with Gasteiger partial charge in [0, 0.05) is 5.56 Å². The first-order chi connectivity index (χ1) is 18.8. The van der Waals surface area contributed by atoms with Crippen molar-refractivity contribution >= 4 is 23.6 Å². The van der Waals surface area contributed by atoms with E-state index in [-0.39, 0.29) is 18.1 Å². The number of aliphatic carboxylic acids is 1. The maximum atomic E-state index is 13.3. The molecule has 0 aliphatic heterocycles. The van der Waals surface area contributed by atoms with Crippen LogP contribution in [-0.2, 0) is 20.9 Å². The summed E-state index contributed by atoms with van der Waals surface area (Å²) >= 11 is 1.56. The van der Waals surface area contributed by atoms with Gasteiger partial charge in [-0.2, -0.15) is 11.8 Å². The van der Waals surface area contributed by atoms with Gasteiger partial charge in [-0.25, -0.2) is 4.79 Å². The molecule has 0 aromatic heterocycles. The minimum Gasteiger partial charge on any atom is -0.480 e. The molecule has 39 heavy (non-hydrogen) atoms. The lowest BCUT2D eigenvalue weighted by molar-refractivity contribution is -0.139. The quantitative estimate of drug-likeness (QED) is 0.249. The van der Waals surface area contributed by atoms with Crippen molar-refractivity contribution in [1.29, 1.82) is 0 Å². The molecular weight excluding hydrogens is 510 g/mol. The summed E-state index contributed by atoms with van der Waals surface area (Å²) < 4.78 is 12.4. The number of hydrogen-bond acceptors (Lipinski definition) is 5. The zero-order valence-electron chi connectivity index (χ0n) is 23.9. The Hall–Kier alpha value is -2.35. The zero-order chi connectivity index (χ0) is 28.2. The number of carboxylic acids is 1. The molecule has 1 aliphatic rings. The van der Waals surface area contributed by atoms with E-state index in [4.69, 9.17) is 9.47 Å². The van der Waals surface area contributed by atoms with Crippen LogP contribution < -0.4 is 5.32 Å². The SMILES string of the molecule is CSCCC(NC(=O)c1ccc(CO[C@H](COC(C)C)CC2CCCCC2)cc1-c1ccccc1C)C(=O)O. The number of carboxylic acid groups (broad SMARTS) is 1. The summed E-state index contributed by atoms with van der Waals surface area (Å²) in [4.78, 5) is 25.1. The first kappa shape index (κ1) is 31.2.